The van der Waals surface area contributed by atoms with Crippen LogP contribution in [-0.2, 0) is 6.54 Å². The number of thiophene rings is 1. The van der Waals surface area contributed by atoms with Crippen LogP contribution >= 0.6 is 11.3 Å². The Balaban J connectivity index is 1.73. The highest BCUT2D eigenvalue weighted by Gasteiger charge is 2.15. The van der Waals surface area contributed by atoms with Crippen molar-refractivity contribution in [3.63, 3.8) is 0 Å². The van der Waals surface area contributed by atoms with Crippen LogP contribution in [0.15, 0.2) is 30.6 Å². The number of carbonyl (C=O) groups excluding carboxylic acids is 1. The summed E-state index contributed by atoms with van der Waals surface area (Å²) in [6.07, 6.45) is 3.36. The number of anilines is 1. The minimum Gasteiger partial charge on any atom is -0.397 e. The highest BCUT2D eigenvalue weighted by Crippen LogP contribution is 2.34. The molecule has 3 aromatic rings. The number of carbonyl (C=O) groups is 1. The van der Waals surface area contributed by atoms with E-state index in [1.165, 1.54) is 11.3 Å². The van der Waals surface area contributed by atoms with Gasteiger partial charge < -0.3 is 11.1 Å². The van der Waals surface area contributed by atoms with Crippen LogP contribution in [0, 0.1) is 6.92 Å². The van der Waals surface area contributed by atoms with Gasteiger partial charge in [-0.1, -0.05) is 16.8 Å². The average Bonchev–Trinajstić information content (AvgIpc) is 3.08. The second-order valence-corrected chi connectivity index (χ2v) is 5.82. The Hall–Kier alpha value is -2.41. The quantitative estimate of drug-likeness (QED) is 0.769. The average molecular weight is 301 g/mol. The maximum atomic E-state index is 12.2. The molecule has 108 valence electrons. The molecule has 0 unspecified atom stereocenters. The predicted molar refractivity (Wildman–Crippen MR) is 83.3 cm³/mol. The van der Waals surface area contributed by atoms with Crippen LogP contribution in [-0.4, -0.2) is 27.4 Å². The molecule has 0 bridgehead atoms. The molecule has 2 aromatic heterocycles. The third-order valence-corrected chi connectivity index (χ3v) is 4.37. The van der Waals surface area contributed by atoms with Crippen molar-refractivity contribution >= 4 is 33.0 Å². The Kier molecular flexibility index (Phi) is 3.57. The summed E-state index contributed by atoms with van der Waals surface area (Å²) < 4.78 is 2.69. The summed E-state index contributed by atoms with van der Waals surface area (Å²) in [6.45, 7) is 3.07. The van der Waals surface area contributed by atoms with Gasteiger partial charge in [0, 0.05) is 22.8 Å². The van der Waals surface area contributed by atoms with E-state index in [0.29, 0.717) is 23.7 Å². The fourth-order valence-electron chi connectivity index (χ4n) is 2.12. The minimum absolute atomic E-state index is 0.147. The molecule has 3 N–H and O–H groups in total. The lowest BCUT2D eigenvalue weighted by Gasteiger charge is -2.04. The lowest BCUT2D eigenvalue weighted by Crippen LogP contribution is -2.27. The molecule has 0 radical (unpaired) electrons. The Morgan fingerprint density at radius 2 is 2.33 bits per heavy atom. The van der Waals surface area contributed by atoms with Crippen molar-refractivity contribution in [1.29, 1.82) is 0 Å². The maximum absolute atomic E-state index is 12.2. The van der Waals surface area contributed by atoms with Gasteiger partial charge in [-0.15, -0.1) is 16.4 Å². The first-order valence-electron chi connectivity index (χ1n) is 6.56. The van der Waals surface area contributed by atoms with Gasteiger partial charge >= 0.3 is 0 Å². The monoisotopic (exact) mass is 301 g/mol. The molecule has 0 aliphatic heterocycles. The molecule has 1 amide bonds. The molecule has 0 aliphatic carbocycles. The Labute approximate surface area is 125 Å². The Morgan fingerprint density at radius 3 is 3.10 bits per heavy atom. The van der Waals surface area contributed by atoms with Crippen molar-refractivity contribution in [2.75, 3.05) is 12.3 Å². The van der Waals surface area contributed by atoms with Crippen LogP contribution in [0.25, 0.3) is 10.1 Å². The number of amides is 1. The molecule has 0 fully saturated rings. The smallest absolute Gasteiger partial charge is 0.263 e. The van der Waals surface area contributed by atoms with Gasteiger partial charge in [0.1, 0.15) is 4.88 Å². The van der Waals surface area contributed by atoms with E-state index in [2.05, 4.69) is 15.6 Å². The molecular formula is C14H15N5OS. The summed E-state index contributed by atoms with van der Waals surface area (Å²) in [5, 5.41) is 11.4. The summed E-state index contributed by atoms with van der Waals surface area (Å²) in [5.41, 5.74) is 7.78. The number of nitrogens with one attached hydrogen (secondary N) is 1. The molecule has 0 spiro atoms. The number of benzene rings is 1. The molecule has 0 saturated carbocycles. The van der Waals surface area contributed by atoms with E-state index < -0.39 is 0 Å². The molecule has 0 atom stereocenters. The number of nitrogen functional groups attached to an aromatic ring is 1. The number of rotatable bonds is 4. The first-order valence-corrected chi connectivity index (χ1v) is 7.38. The molecule has 0 aliphatic rings. The number of fused-ring (bicyclic) bond motifs is 1. The first kappa shape index (κ1) is 13.6. The van der Waals surface area contributed by atoms with Gasteiger partial charge in [0.2, 0.25) is 0 Å². The van der Waals surface area contributed by atoms with E-state index in [1.807, 2.05) is 25.1 Å². The number of aryl methyl sites for hydroxylation is 1. The van der Waals surface area contributed by atoms with Crippen LogP contribution in [0.2, 0.25) is 0 Å². The molecule has 6 nitrogen and oxygen atoms in total. The van der Waals surface area contributed by atoms with Crippen molar-refractivity contribution in [1.82, 2.24) is 20.3 Å². The topological polar surface area (TPSA) is 85.8 Å². The summed E-state index contributed by atoms with van der Waals surface area (Å²) in [5.74, 6) is -0.147. The van der Waals surface area contributed by atoms with Gasteiger partial charge in [0.05, 0.1) is 18.4 Å². The van der Waals surface area contributed by atoms with Crippen molar-refractivity contribution in [2.45, 2.75) is 13.5 Å². The zero-order valence-electron chi connectivity index (χ0n) is 11.5. The highest BCUT2D eigenvalue weighted by atomic mass is 32.1. The third-order valence-electron chi connectivity index (χ3n) is 3.19. The van der Waals surface area contributed by atoms with Crippen LogP contribution in [0.5, 0.6) is 0 Å². The second kappa shape index (κ2) is 5.53. The lowest BCUT2D eigenvalue weighted by molar-refractivity contribution is 0.0957. The van der Waals surface area contributed by atoms with Crippen LogP contribution < -0.4 is 11.1 Å². The highest BCUT2D eigenvalue weighted by molar-refractivity contribution is 7.21. The number of nitrogens with two attached hydrogens (primary N) is 1. The fourth-order valence-corrected chi connectivity index (χ4v) is 3.14. The van der Waals surface area contributed by atoms with Crippen molar-refractivity contribution < 1.29 is 4.79 Å². The third kappa shape index (κ3) is 2.73. The summed E-state index contributed by atoms with van der Waals surface area (Å²) in [4.78, 5) is 12.8. The van der Waals surface area contributed by atoms with E-state index in [1.54, 1.807) is 17.1 Å². The van der Waals surface area contributed by atoms with Gasteiger partial charge in [0.15, 0.2) is 0 Å². The lowest BCUT2D eigenvalue weighted by atomic mass is 10.1. The standard InChI is InChI=1S/C14H15N5OS/c1-9-2-3-11-10(8-9)12(15)13(21-11)14(20)16-4-6-19-7-5-17-18-19/h2-3,5,7-8H,4,6,15H2,1H3,(H,16,20). The molecule has 7 heteroatoms. The number of aromatic nitrogens is 3. The van der Waals surface area contributed by atoms with E-state index in [4.69, 9.17) is 5.73 Å². The molecule has 0 saturated heterocycles. The van der Waals surface area contributed by atoms with Crippen molar-refractivity contribution in [3.05, 3.63) is 41.0 Å². The Bertz CT molecular complexity index is 778. The van der Waals surface area contributed by atoms with Crippen LogP contribution in [0.4, 0.5) is 5.69 Å². The molecule has 2 heterocycles. The summed E-state index contributed by atoms with van der Waals surface area (Å²) >= 11 is 1.42. The van der Waals surface area contributed by atoms with Crippen molar-refractivity contribution in [3.8, 4) is 0 Å². The van der Waals surface area contributed by atoms with Crippen LogP contribution in [0.1, 0.15) is 15.2 Å². The van der Waals surface area contributed by atoms with Crippen LogP contribution in [0.3, 0.4) is 0 Å². The first-order chi connectivity index (χ1) is 10.1. The molecule has 3 rings (SSSR count). The fraction of sp³-hybridized carbons (Fsp3) is 0.214. The van der Waals surface area contributed by atoms with E-state index in [0.717, 1.165) is 15.6 Å². The molecular weight excluding hydrogens is 286 g/mol. The molecule has 1 aromatic carbocycles. The molecule has 21 heavy (non-hydrogen) atoms. The SMILES string of the molecule is Cc1ccc2sc(C(=O)NCCn3ccnn3)c(N)c2c1. The maximum Gasteiger partial charge on any atom is 0.263 e. The van der Waals surface area contributed by atoms with Gasteiger partial charge in [-0.2, -0.15) is 0 Å². The summed E-state index contributed by atoms with van der Waals surface area (Å²) in [6, 6.07) is 6.02. The van der Waals surface area contributed by atoms with Crippen molar-refractivity contribution in [2.24, 2.45) is 0 Å². The largest absolute Gasteiger partial charge is 0.397 e. The number of hydrogen-bond acceptors (Lipinski definition) is 5. The second-order valence-electron chi connectivity index (χ2n) is 4.77. The van der Waals surface area contributed by atoms with E-state index in [-0.39, 0.29) is 5.91 Å². The number of nitrogens with zero attached hydrogens (tertiary/aromatic N) is 3. The van der Waals surface area contributed by atoms with E-state index in [9.17, 15) is 4.79 Å². The van der Waals surface area contributed by atoms with Gasteiger partial charge in [0.25, 0.3) is 5.91 Å². The zero-order chi connectivity index (χ0) is 14.8. The summed E-state index contributed by atoms with van der Waals surface area (Å²) in [7, 11) is 0. The normalized spacial score (nSPS) is 10.9. The van der Waals surface area contributed by atoms with Gasteiger partial charge in [-0.05, 0) is 19.1 Å². The minimum atomic E-state index is -0.147. The van der Waals surface area contributed by atoms with Gasteiger partial charge in [-0.25, -0.2) is 0 Å². The van der Waals surface area contributed by atoms with Gasteiger partial charge in [-0.3, -0.25) is 9.48 Å². The van der Waals surface area contributed by atoms with E-state index >= 15 is 0 Å². The Morgan fingerprint density at radius 1 is 1.48 bits per heavy atom. The number of hydrogen-bond donors (Lipinski definition) is 2. The predicted octanol–water partition coefficient (Wildman–Crippen LogP) is 1.81. The zero-order valence-corrected chi connectivity index (χ0v) is 12.4.